The molecule has 0 aliphatic carbocycles. The first-order chi connectivity index (χ1) is 7.75. The van der Waals surface area contributed by atoms with Gasteiger partial charge in [0.2, 0.25) is 0 Å². The fourth-order valence-electron chi connectivity index (χ4n) is 1.60. The number of morpholine rings is 1. The summed E-state index contributed by atoms with van der Waals surface area (Å²) < 4.78 is 5.31. The van der Waals surface area contributed by atoms with Gasteiger partial charge in [0.15, 0.2) is 10.3 Å². The molecular formula is C9H16N4OS2. The Bertz CT molecular complexity index is 291. The minimum atomic E-state index is 0.195. The maximum absolute atomic E-state index is 7.17. The molecule has 90 valence electrons. The monoisotopic (exact) mass is 260 g/mol. The summed E-state index contributed by atoms with van der Waals surface area (Å²) in [4.78, 5) is 6.83. The molecule has 1 atom stereocenters. The molecule has 3 N–H and O–H groups in total. The van der Waals surface area contributed by atoms with Crippen molar-refractivity contribution in [2.24, 2.45) is 10.7 Å². The Labute approximate surface area is 104 Å². The van der Waals surface area contributed by atoms with Gasteiger partial charge in [0.25, 0.3) is 0 Å². The van der Waals surface area contributed by atoms with E-state index in [0.29, 0.717) is 5.25 Å². The Kier molecular flexibility index (Phi) is 4.37. The Morgan fingerprint density at radius 1 is 1.62 bits per heavy atom. The van der Waals surface area contributed by atoms with Crippen LogP contribution in [0.2, 0.25) is 0 Å². The molecule has 0 radical (unpaired) electrons. The standard InChI is InChI=1S/C9H16N4OS2/c10-8(11)15-6-7-5-12-9(16-7)13-1-3-14-4-2-13/h7H,1-6H2,(H3,10,11)/t7-/m0/s1. The van der Waals surface area contributed by atoms with Gasteiger partial charge in [-0.1, -0.05) is 23.5 Å². The number of hydrogen-bond donors (Lipinski definition) is 2. The van der Waals surface area contributed by atoms with Gasteiger partial charge in [-0.2, -0.15) is 0 Å². The molecule has 0 aromatic carbocycles. The van der Waals surface area contributed by atoms with Gasteiger partial charge in [0, 0.05) is 24.1 Å². The van der Waals surface area contributed by atoms with Gasteiger partial charge in [0.05, 0.1) is 19.8 Å². The quantitative estimate of drug-likeness (QED) is 0.556. The summed E-state index contributed by atoms with van der Waals surface area (Å²) in [6.07, 6.45) is 0. The molecule has 0 aromatic heterocycles. The van der Waals surface area contributed by atoms with Crippen molar-refractivity contribution >= 4 is 33.9 Å². The molecule has 2 aliphatic rings. The third kappa shape index (κ3) is 3.29. The van der Waals surface area contributed by atoms with Gasteiger partial charge in [-0.05, 0) is 0 Å². The number of nitrogens with one attached hydrogen (secondary N) is 1. The van der Waals surface area contributed by atoms with Gasteiger partial charge in [-0.25, -0.2) is 0 Å². The summed E-state index contributed by atoms with van der Waals surface area (Å²) in [6, 6.07) is 0. The smallest absolute Gasteiger partial charge is 0.159 e. The number of rotatable bonds is 2. The van der Waals surface area contributed by atoms with E-state index in [4.69, 9.17) is 15.9 Å². The van der Waals surface area contributed by atoms with Gasteiger partial charge in [-0.15, -0.1) is 0 Å². The number of ether oxygens (including phenoxy) is 1. The van der Waals surface area contributed by atoms with Gasteiger partial charge < -0.3 is 15.4 Å². The molecule has 0 amide bonds. The van der Waals surface area contributed by atoms with Crippen LogP contribution in [0.4, 0.5) is 0 Å². The van der Waals surface area contributed by atoms with Crippen LogP contribution in [0.5, 0.6) is 0 Å². The SMILES string of the molecule is N=C(N)SC[C@@H]1CN=C(N2CCOCC2)S1. The van der Waals surface area contributed by atoms with E-state index in [1.54, 1.807) is 11.8 Å². The summed E-state index contributed by atoms with van der Waals surface area (Å²) in [6.45, 7) is 4.33. The van der Waals surface area contributed by atoms with Crippen LogP contribution in [0.3, 0.4) is 0 Å². The Balaban J connectivity index is 1.75. The minimum absolute atomic E-state index is 0.195. The molecule has 2 rings (SSSR count). The molecule has 2 aliphatic heterocycles. The second-order valence-corrected chi connectivity index (χ2v) is 5.97. The van der Waals surface area contributed by atoms with E-state index >= 15 is 0 Å². The third-order valence-electron chi connectivity index (χ3n) is 2.41. The van der Waals surface area contributed by atoms with Crippen molar-refractivity contribution in [3.63, 3.8) is 0 Å². The van der Waals surface area contributed by atoms with Crippen LogP contribution in [0.1, 0.15) is 0 Å². The molecule has 0 saturated carbocycles. The molecule has 5 nitrogen and oxygen atoms in total. The lowest BCUT2D eigenvalue weighted by atomic mass is 10.4. The van der Waals surface area contributed by atoms with E-state index in [2.05, 4.69) is 9.89 Å². The Hall–Kier alpha value is -0.400. The van der Waals surface area contributed by atoms with Crippen molar-refractivity contribution in [2.45, 2.75) is 5.25 Å². The van der Waals surface area contributed by atoms with E-state index in [-0.39, 0.29) is 5.17 Å². The maximum Gasteiger partial charge on any atom is 0.159 e. The zero-order valence-electron chi connectivity index (χ0n) is 9.02. The predicted octanol–water partition coefficient (Wildman–Crippen LogP) is 0.417. The van der Waals surface area contributed by atoms with E-state index < -0.39 is 0 Å². The van der Waals surface area contributed by atoms with Crippen LogP contribution in [0, 0.1) is 5.41 Å². The predicted molar refractivity (Wildman–Crippen MR) is 70.4 cm³/mol. The molecule has 0 spiro atoms. The first-order valence-corrected chi connectivity index (χ1v) is 7.13. The highest BCUT2D eigenvalue weighted by Gasteiger charge is 2.25. The fraction of sp³-hybridized carbons (Fsp3) is 0.778. The summed E-state index contributed by atoms with van der Waals surface area (Å²) in [5.41, 5.74) is 5.32. The number of hydrogen-bond acceptors (Lipinski definition) is 6. The molecule has 0 unspecified atom stereocenters. The van der Waals surface area contributed by atoms with Gasteiger partial charge >= 0.3 is 0 Å². The lowest BCUT2D eigenvalue weighted by molar-refractivity contribution is 0.0693. The summed E-state index contributed by atoms with van der Waals surface area (Å²) in [5, 5.41) is 8.97. The lowest BCUT2D eigenvalue weighted by Gasteiger charge is -2.28. The third-order valence-corrected chi connectivity index (χ3v) is 4.75. The molecule has 1 fully saturated rings. The molecule has 7 heteroatoms. The average molecular weight is 260 g/mol. The normalized spacial score (nSPS) is 25.6. The Morgan fingerprint density at radius 3 is 3.06 bits per heavy atom. The average Bonchev–Trinajstić information content (AvgIpc) is 2.76. The van der Waals surface area contributed by atoms with Crippen molar-refractivity contribution in [2.75, 3.05) is 38.6 Å². The summed E-state index contributed by atoms with van der Waals surface area (Å²) in [7, 11) is 0. The number of thioether (sulfide) groups is 2. The number of aliphatic imine (C=N–C) groups is 1. The van der Waals surface area contributed by atoms with Crippen molar-refractivity contribution in [3.05, 3.63) is 0 Å². The molecular weight excluding hydrogens is 244 g/mol. The van der Waals surface area contributed by atoms with Crippen molar-refractivity contribution in [1.29, 1.82) is 5.41 Å². The zero-order valence-corrected chi connectivity index (χ0v) is 10.6. The van der Waals surface area contributed by atoms with E-state index in [1.807, 2.05) is 0 Å². The second-order valence-electron chi connectivity index (χ2n) is 3.64. The molecule has 0 aromatic rings. The number of nitrogens with zero attached hydrogens (tertiary/aromatic N) is 2. The van der Waals surface area contributed by atoms with E-state index in [1.165, 1.54) is 11.8 Å². The van der Waals surface area contributed by atoms with Gasteiger partial charge in [-0.3, -0.25) is 10.4 Å². The highest BCUT2D eigenvalue weighted by atomic mass is 32.2. The summed E-state index contributed by atoms with van der Waals surface area (Å²) in [5.74, 6) is 0.872. The van der Waals surface area contributed by atoms with Crippen LogP contribution in [-0.4, -0.2) is 59.1 Å². The van der Waals surface area contributed by atoms with Crippen LogP contribution in [-0.2, 0) is 4.74 Å². The van der Waals surface area contributed by atoms with Crippen LogP contribution >= 0.6 is 23.5 Å². The zero-order chi connectivity index (χ0) is 11.4. The van der Waals surface area contributed by atoms with E-state index in [0.717, 1.165) is 43.8 Å². The molecule has 1 saturated heterocycles. The van der Waals surface area contributed by atoms with Crippen molar-refractivity contribution in [3.8, 4) is 0 Å². The number of nitrogens with two attached hydrogens (primary N) is 1. The lowest BCUT2D eigenvalue weighted by Crippen LogP contribution is -2.39. The summed E-state index contributed by atoms with van der Waals surface area (Å²) >= 11 is 3.21. The fourth-order valence-corrected chi connectivity index (χ4v) is 3.48. The minimum Gasteiger partial charge on any atom is -0.379 e. The highest BCUT2D eigenvalue weighted by molar-refractivity contribution is 8.17. The molecule has 16 heavy (non-hydrogen) atoms. The number of amidine groups is 2. The van der Waals surface area contributed by atoms with Crippen LogP contribution < -0.4 is 5.73 Å². The molecule has 2 heterocycles. The molecule has 0 bridgehead atoms. The largest absolute Gasteiger partial charge is 0.379 e. The van der Waals surface area contributed by atoms with Crippen LogP contribution in [0.25, 0.3) is 0 Å². The maximum atomic E-state index is 7.17. The van der Waals surface area contributed by atoms with E-state index in [9.17, 15) is 0 Å². The van der Waals surface area contributed by atoms with Crippen molar-refractivity contribution in [1.82, 2.24) is 4.90 Å². The first-order valence-electron chi connectivity index (χ1n) is 5.26. The van der Waals surface area contributed by atoms with Gasteiger partial charge in [0.1, 0.15) is 0 Å². The van der Waals surface area contributed by atoms with Crippen LogP contribution in [0.15, 0.2) is 4.99 Å². The first kappa shape index (κ1) is 12.1. The van der Waals surface area contributed by atoms with Crippen molar-refractivity contribution < 1.29 is 4.74 Å². The highest BCUT2D eigenvalue weighted by Crippen LogP contribution is 2.26. The Morgan fingerprint density at radius 2 is 2.38 bits per heavy atom. The topological polar surface area (TPSA) is 74.7 Å². The second kappa shape index (κ2) is 5.79.